The number of halogens is 1. The largest absolute Gasteiger partial charge is 0.491 e. The van der Waals surface area contributed by atoms with Crippen LogP contribution in [0.5, 0.6) is 5.75 Å². The lowest BCUT2D eigenvalue weighted by Gasteiger charge is -2.38. The van der Waals surface area contributed by atoms with Gasteiger partial charge >= 0.3 is 7.12 Å². The van der Waals surface area contributed by atoms with Gasteiger partial charge in [0.2, 0.25) is 0 Å². The maximum atomic E-state index is 14.0. The van der Waals surface area contributed by atoms with Gasteiger partial charge in [-0.15, -0.1) is 0 Å². The van der Waals surface area contributed by atoms with Crippen molar-refractivity contribution < 1.29 is 23.9 Å². The van der Waals surface area contributed by atoms with E-state index < -0.39 is 24.1 Å². The zero-order valence-corrected chi connectivity index (χ0v) is 14.2. The van der Waals surface area contributed by atoms with Crippen molar-refractivity contribution in [1.29, 1.82) is 0 Å². The lowest BCUT2D eigenvalue weighted by Crippen LogP contribution is -2.53. The Morgan fingerprint density at radius 1 is 1.23 bits per heavy atom. The Hall–Kier alpha value is -1.11. The summed E-state index contributed by atoms with van der Waals surface area (Å²) < 4.78 is 24.8. The monoisotopic (exact) mass is 312 g/mol. The molecule has 0 spiro atoms. The predicted molar refractivity (Wildman–Crippen MR) is 85.8 cm³/mol. The molecular formula is C16H26BFO4. The Labute approximate surface area is 132 Å². The average molecular weight is 312 g/mol. The van der Waals surface area contributed by atoms with E-state index in [9.17, 15) is 14.5 Å². The van der Waals surface area contributed by atoms with Gasteiger partial charge in [0, 0.05) is 0 Å². The van der Waals surface area contributed by atoms with E-state index in [1.165, 1.54) is 12.1 Å². The van der Waals surface area contributed by atoms with E-state index in [1.54, 1.807) is 33.8 Å². The molecule has 0 aliphatic rings. The van der Waals surface area contributed by atoms with Crippen LogP contribution in [0, 0.1) is 11.7 Å². The van der Waals surface area contributed by atoms with Crippen molar-refractivity contribution in [2.45, 2.75) is 52.7 Å². The quantitative estimate of drug-likeness (QED) is 0.757. The first-order valence-electron chi connectivity index (χ1n) is 7.44. The molecule has 0 aliphatic heterocycles. The minimum absolute atomic E-state index is 0.145. The molecule has 0 heterocycles. The van der Waals surface area contributed by atoms with Gasteiger partial charge < -0.3 is 19.5 Å². The van der Waals surface area contributed by atoms with Gasteiger partial charge in [0.05, 0.1) is 17.8 Å². The molecule has 1 rings (SSSR count). The molecule has 124 valence electrons. The van der Waals surface area contributed by atoms with Crippen LogP contribution in [-0.4, -0.2) is 35.1 Å². The maximum Gasteiger partial charge on any atom is 0.491 e. The van der Waals surface area contributed by atoms with Crippen LogP contribution >= 0.6 is 0 Å². The third-order valence-corrected chi connectivity index (χ3v) is 3.69. The first kappa shape index (κ1) is 18.9. The zero-order valence-electron chi connectivity index (χ0n) is 14.2. The van der Waals surface area contributed by atoms with Crippen molar-refractivity contribution in [1.82, 2.24) is 0 Å². The van der Waals surface area contributed by atoms with E-state index in [-0.39, 0.29) is 11.2 Å². The van der Waals surface area contributed by atoms with Crippen LogP contribution < -0.4 is 10.2 Å². The molecule has 0 aliphatic carbocycles. The Bertz CT molecular complexity index is 497. The van der Waals surface area contributed by atoms with Crippen LogP contribution in [0.3, 0.4) is 0 Å². The van der Waals surface area contributed by atoms with Gasteiger partial charge in [-0.3, -0.25) is 0 Å². The van der Waals surface area contributed by atoms with Crippen molar-refractivity contribution in [2.75, 3.05) is 6.61 Å². The highest BCUT2D eigenvalue weighted by Gasteiger charge is 2.39. The van der Waals surface area contributed by atoms with Gasteiger partial charge in [-0.05, 0) is 51.2 Å². The minimum atomic E-state index is -1.34. The normalized spacial score (nSPS) is 12.6. The second-order valence-corrected chi connectivity index (χ2v) is 6.93. The van der Waals surface area contributed by atoms with Gasteiger partial charge in [-0.2, -0.15) is 0 Å². The second kappa shape index (κ2) is 6.98. The Morgan fingerprint density at radius 3 is 2.27 bits per heavy atom. The highest BCUT2D eigenvalue weighted by atomic mass is 19.1. The minimum Gasteiger partial charge on any atom is -0.490 e. The van der Waals surface area contributed by atoms with Gasteiger partial charge in [-0.1, -0.05) is 19.9 Å². The fourth-order valence-electron chi connectivity index (χ4n) is 1.54. The molecular weight excluding hydrogens is 286 g/mol. The standard InChI is InChI=1S/C16H26BFO4/c1-11(2)10-21-14-8-7-12(9-13(14)18)17(20)22-16(5,6)15(3,4)19/h7-9,11,19-20H,10H2,1-6H3. The second-order valence-electron chi connectivity index (χ2n) is 6.93. The lowest BCUT2D eigenvalue weighted by molar-refractivity contribution is -0.0982. The molecule has 4 nitrogen and oxygen atoms in total. The fourth-order valence-corrected chi connectivity index (χ4v) is 1.54. The number of hydrogen-bond acceptors (Lipinski definition) is 4. The summed E-state index contributed by atoms with van der Waals surface area (Å²) in [6.07, 6.45) is 0. The Morgan fingerprint density at radius 2 is 1.82 bits per heavy atom. The summed E-state index contributed by atoms with van der Waals surface area (Å²) in [7, 11) is -1.34. The van der Waals surface area contributed by atoms with Crippen molar-refractivity contribution >= 4 is 12.6 Å². The van der Waals surface area contributed by atoms with Crippen LogP contribution in [0.15, 0.2) is 18.2 Å². The molecule has 0 saturated carbocycles. The van der Waals surface area contributed by atoms with Crippen LogP contribution in [0.2, 0.25) is 0 Å². The number of benzene rings is 1. The summed E-state index contributed by atoms with van der Waals surface area (Å²) in [6.45, 7) is 10.9. The molecule has 0 saturated heterocycles. The van der Waals surface area contributed by atoms with Gasteiger partial charge in [0.15, 0.2) is 11.6 Å². The molecule has 0 bridgehead atoms. The van der Waals surface area contributed by atoms with Gasteiger partial charge in [-0.25, -0.2) is 4.39 Å². The summed E-state index contributed by atoms with van der Waals surface area (Å²) in [5.74, 6) is -0.117. The van der Waals surface area contributed by atoms with Crippen molar-refractivity contribution in [3.05, 3.63) is 24.0 Å². The van der Waals surface area contributed by atoms with Crippen LogP contribution in [0.1, 0.15) is 41.5 Å². The predicted octanol–water partition coefficient (Wildman–Crippen LogP) is 2.11. The lowest BCUT2D eigenvalue weighted by atomic mass is 9.76. The molecule has 2 N–H and O–H groups in total. The molecule has 0 atom stereocenters. The average Bonchev–Trinajstić information content (AvgIpc) is 2.35. The molecule has 1 aromatic carbocycles. The van der Waals surface area contributed by atoms with Crippen LogP contribution in [0.4, 0.5) is 4.39 Å². The van der Waals surface area contributed by atoms with Crippen LogP contribution in [-0.2, 0) is 4.65 Å². The number of ether oxygens (including phenoxy) is 1. The van der Waals surface area contributed by atoms with E-state index in [2.05, 4.69) is 0 Å². The summed E-state index contributed by atoms with van der Waals surface area (Å²) in [4.78, 5) is 0. The van der Waals surface area contributed by atoms with E-state index in [0.29, 0.717) is 12.5 Å². The fraction of sp³-hybridized carbons (Fsp3) is 0.625. The third-order valence-electron chi connectivity index (χ3n) is 3.69. The van der Waals surface area contributed by atoms with E-state index >= 15 is 0 Å². The first-order chi connectivity index (χ1) is 9.94. The van der Waals surface area contributed by atoms with E-state index in [1.807, 2.05) is 13.8 Å². The Kier molecular flexibility index (Phi) is 6.01. The number of aliphatic hydroxyl groups is 1. The Balaban J connectivity index is 2.83. The summed E-state index contributed by atoms with van der Waals surface area (Å²) >= 11 is 0. The third kappa shape index (κ3) is 4.97. The molecule has 1 aromatic rings. The summed E-state index contributed by atoms with van der Waals surface area (Å²) in [5.41, 5.74) is -1.89. The maximum absolute atomic E-state index is 14.0. The van der Waals surface area contributed by atoms with Crippen molar-refractivity contribution in [2.24, 2.45) is 5.92 Å². The topological polar surface area (TPSA) is 58.9 Å². The van der Waals surface area contributed by atoms with Crippen molar-refractivity contribution in [3.63, 3.8) is 0 Å². The SMILES string of the molecule is CC(C)COc1ccc(B(O)OC(C)(C)C(C)(C)O)cc1F. The van der Waals surface area contributed by atoms with E-state index in [0.717, 1.165) is 0 Å². The first-order valence-corrected chi connectivity index (χ1v) is 7.44. The number of rotatable bonds is 7. The molecule has 0 unspecified atom stereocenters. The summed E-state index contributed by atoms with van der Waals surface area (Å²) in [5, 5.41) is 20.1. The highest BCUT2D eigenvalue weighted by Crippen LogP contribution is 2.25. The molecule has 22 heavy (non-hydrogen) atoms. The summed E-state index contributed by atoms with van der Waals surface area (Å²) in [6, 6.07) is 4.20. The number of hydrogen-bond donors (Lipinski definition) is 2. The smallest absolute Gasteiger partial charge is 0.490 e. The molecule has 0 radical (unpaired) electrons. The van der Waals surface area contributed by atoms with Gasteiger partial charge in [0.1, 0.15) is 0 Å². The molecule has 0 amide bonds. The molecule has 6 heteroatoms. The molecule has 0 fully saturated rings. The van der Waals surface area contributed by atoms with Crippen molar-refractivity contribution in [3.8, 4) is 5.75 Å². The highest BCUT2D eigenvalue weighted by molar-refractivity contribution is 6.60. The van der Waals surface area contributed by atoms with E-state index in [4.69, 9.17) is 9.39 Å². The molecule has 0 aromatic heterocycles. The van der Waals surface area contributed by atoms with Gasteiger partial charge in [0.25, 0.3) is 0 Å². The zero-order chi connectivity index (χ0) is 17.1. The van der Waals surface area contributed by atoms with Crippen LogP contribution in [0.25, 0.3) is 0 Å².